The molecule has 1 aromatic carbocycles. The number of aromatic hydroxyl groups is 1. The van der Waals surface area contributed by atoms with E-state index in [1.165, 1.54) is 31.2 Å². The van der Waals surface area contributed by atoms with E-state index in [1.54, 1.807) is 12.1 Å². The first-order valence-corrected chi connectivity index (χ1v) is 6.22. The van der Waals surface area contributed by atoms with Crippen LogP contribution in [0.1, 0.15) is 31.2 Å². The van der Waals surface area contributed by atoms with Gasteiger partial charge in [-0.25, -0.2) is 0 Å². The van der Waals surface area contributed by atoms with Crippen LogP contribution >= 0.6 is 0 Å². The van der Waals surface area contributed by atoms with Gasteiger partial charge in [-0.1, -0.05) is 18.6 Å². The van der Waals surface area contributed by atoms with Gasteiger partial charge in [0.15, 0.2) is 0 Å². The highest BCUT2D eigenvalue weighted by Crippen LogP contribution is 2.50. The zero-order valence-corrected chi connectivity index (χ0v) is 9.52. The molecule has 0 spiro atoms. The van der Waals surface area contributed by atoms with Gasteiger partial charge in [0.1, 0.15) is 5.75 Å². The molecule has 3 unspecified atom stereocenters. The molecule has 2 fully saturated rings. The largest absolute Gasteiger partial charge is 0.508 e. The van der Waals surface area contributed by atoms with Crippen molar-refractivity contribution in [2.45, 2.75) is 37.6 Å². The van der Waals surface area contributed by atoms with Crippen LogP contribution in [0.5, 0.6) is 5.75 Å². The molecule has 0 amide bonds. The maximum absolute atomic E-state index is 9.26. The molecule has 3 N–H and O–H groups in total. The quantitative estimate of drug-likeness (QED) is 0.799. The van der Waals surface area contributed by atoms with E-state index >= 15 is 0 Å². The van der Waals surface area contributed by atoms with Crippen molar-refractivity contribution in [3.05, 3.63) is 29.8 Å². The molecule has 0 aliphatic heterocycles. The highest BCUT2D eigenvalue weighted by Gasteiger charge is 2.48. The summed E-state index contributed by atoms with van der Waals surface area (Å²) in [7, 11) is 0. The number of phenols is 1. The minimum absolute atomic E-state index is 0.0277. The Morgan fingerprint density at radius 2 is 2.00 bits per heavy atom. The first kappa shape index (κ1) is 10.2. The average Bonchev–Trinajstić information content (AvgIpc) is 2.81. The third-order valence-corrected chi connectivity index (χ3v) is 4.49. The predicted molar refractivity (Wildman–Crippen MR) is 64.2 cm³/mol. The number of hydrogen-bond donors (Lipinski definition) is 2. The lowest BCUT2D eigenvalue weighted by molar-refractivity contribution is 0.269. The van der Waals surface area contributed by atoms with Crippen molar-refractivity contribution in [3.63, 3.8) is 0 Å². The number of hydrogen-bond acceptors (Lipinski definition) is 2. The molecule has 1 aromatic rings. The monoisotopic (exact) mass is 217 g/mol. The highest BCUT2D eigenvalue weighted by molar-refractivity contribution is 5.28. The molecule has 0 aromatic heterocycles. The molecule has 0 saturated heterocycles. The van der Waals surface area contributed by atoms with E-state index in [4.69, 9.17) is 5.73 Å². The van der Waals surface area contributed by atoms with Crippen LogP contribution in [0.25, 0.3) is 0 Å². The van der Waals surface area contributed by atoms with Crippen molar-refractivity contribution in [2.24, 2.45) is 17.6 Å². The maximum Gasteiger partial charge on any atom is 0.115 e. The molecule has 3 rings (SSSR count). The lowest BCUT2D eigenvalue weighted by atomic mass is 9.77. The number of nitrogens with two attached hydrogens (primary N) is 1. The molecular weight excluding hydrogens is 198 g/mol. The minimum atomic E-state index is 0.0277. The number of phenolic OH excluding ortho intramolecular Hbond substituents is 1. The molecule has 2 bridgehead atoms. The smallest absolute Gasteiger partial charge is 0.115 e. The Kier molecular flexibility index (Phi) is 2.21. The number of rotatable bonds is 2. The average molecular weight is 217 g/mol. The van der Waals surface area contributed by atoms with Crippen LogP contribution in [-0.2, 0) is 6.42 Å². The third-order valence-electron chi connectivity index (χ3n) is 4.49. The minimum Gasteiger partial charge on any atom is -0.508 e. The Hall–Kier alpha value is -1.02. The van der Waals surface area contributed by atoms with Gasteiger partial charge in [0.05, 0.1) is 0 Å². The summed E-state index contributed by atoms with van der Waals surface area (Å²) >= 11 is 0. The molecule has 16 heavy (non-hydrogen) atoms. The van der Waals surface area contributed by atoms with E-state index in [1.807, 2.05) is 12.1 Å². The molecule has 2 heteroatoms. The van der Waals surface area contributed by atoms with Crippen LogP contribution in [0.2, 0.25) is 0 Å². The molecule has 2 aliphatic carbocycles. The summed E-state index contributed by atoms with van der Waals surface area (Å²) in [6.07, 6.45) is 6.21. The van der Waals surface area contributed by atoms with E-state index in [0.717, 1.165) is 18.3 Å². The van der Waals surface area contributed by atoms with Crippen molar-refractivity contribution in [2.75, 3.05) is 0 Å². The van der Waals surface area contributed by atoms with Gasteiger partial charge in [-0.3, -0.25) is 0 Å². The van der Waals surface area contributed by atoms with Crippen LogP contribution < -0.4 is 5.73 Å². The fraction of sp³-hybridized carbons (Fsp3) is 0.571. The summed E-state index contributed by atoms with van der Waals surface area (Å²) in [5, 5.41) is 9.26. The summed E-state index contributed by atoms with van der Waals surface area (Å²) in [6.45, 7) is 0. The zero-order valence-electron chi connectivity index (χ0n) is 9.52. The lowest BCUT2D eigenvalue weighted by Crippen LogP contribution is -2.46. The second kappa shape index (κ2) is 3.49. The van der Waals surface area contributed by atoms with Crippen LogP contribution in [-0.4, -0.2) is 10.6 Å². The fourth-order valence-corrected chi connectivity index (χ4v) is 3.70. The van der Waals surface area contributed by atoms with Crippen LogP contribution in [0.3, 0.4) is 0 Å². The van der Waals surface area contributed by atoms with Crippen molar-refractivity contribution in [1.82, 2.24) is 0 Å². The van der Waals surface area contributed by atoms with Gasteiger partial charge in [0.25, 0.3) is 0 Å². The van der Waals surface area contributed by atoms with Gasteiger partial charge in [0, 0.05) is 5.54 Å². The predicted octanol–water partition coefficient (Wildman–Crippen LogP) is 2.45. The first-order chi connectivity index (χ1) is 7.66. The Balaban J connectivity index is 1.77. The lowest BCUT2D eigenvalue weighted by Gasteiger charge is -2.34. The Labute approximate surface area is 96.5 Å². The van der Waals surface area contributed by atoms with Gasteiger partial charge in [-0.05, 0) is 55.2 Å². The topological polar surface area (TPSA) is 46.2 Å². The van der Waals surface area contributed by atoms with Gasteiger partial charge >= 0.3 is 0 Å². The van der Waals surface area contributed by atoms with Gasteiger partial charge < -0.3 is 10.8 Å². The number of fused-ring (bicyclic) bond motifs is 2. The third kappa shape index (κ3) is 1.61. The summed E-state index contributed by atoms with van der Waals surface area (Å²) in [6, 6.07) is 7.50. The van der Waals surface area contributed by atoms with Gasteiger partial charge in [0.2, 0.25) is 0 Å². The van der Waals surface area contributed by atoms with E-state index in [9.17, 15) is 5.11 Å². The Morgan fingerprint density at radius 1 is 1.25 bits per heavy atom. The number of benzene rings is 1. The van der Waals surface area contributed by atoms with E-state index in [0.29, 0.717) is 5.75 Å². The fourth-order valence-electron chi connectivity index (χ4n) is 3.70. The molecule has 2 aliphatic rings. The molecule has 86 valence electrons. The summed E-state index contributed by atoms with van der Waals surface area (Å²) in [5.41, 5.74) is 7.84. The van der Waals surface area contributed by atoms with Crippen molar-refractivity contribution >= 4 is 0 Å². The summed E-state index contributed by atoms with van der Waals surface area (Å²) in [5.74, 6) is 1.95. The molecule has 0 radical (unpaired) electrons. The summed E-state index contributed by atoms with van der Waals surface area (Å²) in [4.78, 5) is 0. The highest BCUT2D eigenvalue weighted by atomic mass is 16.3. The Morgan fingerprint density at radius 3 is 2.56 bits per heavy atom. The van der Waals surface area contributed by atoms with E-state index in [2.05, 4.69) is 0 Å². The van der Waals surface area contributed by atoms with Crippen molar-refractivity contribution in [3.8, 4) is 5.75 Å². The summed E-state index contributed by atoms with van der Waals surface area (Å²) < 4.78 is 0. The van der Waals surface area contributed by atoms with Crippen LogP contribution in [0, 0.1) is 11.8 Å². The molecular formula is C14H19NO. The SMILES string of the molecule is NC1(Cc2ccc(O)cc2)CC2CCC1C2. The van der Waals surface area contributed by atoms with Gasteiger partial charge in [-0.15, -0.1) is 0 Å². The second-order valence-corrected chi connectivity index (χ2v) is 5.66. The van der Waals surface area contributed by atoms with E-state index < -0.39 is 0 Å². The molecule has 0 heterocycles. The first-order valence-electron chi connectivity index (χ1n) is 6.22. The van der Waals surface area contributed by atoms with Crippen LogP contribution in [0.15, 0.2) is 24.3 Å². The van der Waals surface area contributed by atoms with E-state index in [-0.39, 0.29) is 5.54 Å². The maximum atomic E-state index is 9.26. The molecule has 2 saturated carbocycles. The normalized spacial score (nSPS) is 36.8. The van der Waals surface area contributed by atoms with Gasteiger partial charge in [-0.2, -0.15) is 0 Å². The Bertz CT molecular complexity index is 386. The second-order valence-electron chi connectivity index (χ2n) is 5.66. The zero-order chi connectivity index (χ0) is 11.2. The van der Waals surface area contributed by atoms with Crippen molar-refractivity contribution < 1.29 is 5.11 Å². The van der Waals surface area contributed by atoms with Crippen molar-refractivity contribution in [1.29, 1.82) is 0 Å². The molecule has 3 atom stereocenters. The van der Waals surface area contributed by atoms with Crippen LogP contribution in [0.4, 0.5) is 0 Å². The molecule has 2 nitrogen and oxygen atoms in total. The standard InChI is InChI=1S/C14H19NO/c15-14(9-11-1-4-12(14)7-11)8-10-2-5-13(16)6-3-10/h2-3,5-6,11-12,16H,1,4,7-9,15H2.